The third kappa shape index (κ3) is 3.85. The Labute approximate surface area is 179 Å². The summed E-state index contributed by atoms with van der Waals surface area (Å²) >= 11 is 6.03. The standard InChI is InChI=1S/C19H19ClN2O6S2/c1-13-2-5-15(6-3-13)29(25,26)18-10-22(11-19(18,24)12-23)30(27,28)17-7-4-14(9-21)8-16(17)20/h2-8,18,23-24H,10-12H2,1H3/t18-,19+/m0/s1. The molecule has 30 heavy (non-hydrogen) atoms. The van der Waals surface area contributed by atoms with Crippen LogP contribution in [0.3, 0.4) is 0 Å². The Hall–Kier alpha value is -2.00. The number of hydrogen-bond donors (Lipinski definition) is 2. The minimum Gasteiger partial charge on any atom is -0.393 e. The Morgan fingerprint density at radius 1 is 1.20 bits per heavy atom. The van der Waals surface area contributed by atoms with Crippen molar-refractivity contribution >= 4 is 31.5 Å². The molecule has 0 spiro atoms. The Bertz CT molecular complexity index is 1220. The van der Waals surface area contributed by atoms with Crippen LogP contribution in [-0.4, -0.2) is 61.9 Å². The van der Waals surface area contributed by atoms with Crippen molar-refractivity contribution in [2.24, 2.45) is 0 Å². The van der Waals surface area contributed by atoms with E-state index < -0.39 is 50.4 Å². The van der Waals surface area contributed by atoms with Crippen molar-refractivity contribution < 1.29 is 27.0 Å². The van der Waals surface area contributed by atoms with Crippen LogP contribution in [0.2, 0.25) is 5.02 Å². The summed E-state index contributed by atoms with van der Waals surface area (Å²) in [6, 6.07) is 11.4. The first kappa shape index (κ1) is 22.7. The largest absolute Gasteiger partial charge is 0.393 e. The molecule has 8 nitrogen and oxygen atoms in total. The summed E-state index contributed by atoms with van der Waals surface area (Å²) < 4.78 is 53.2. The van der Waals surface area contributed by atoms with Gasteiger partial charge in [-0.3, -0.25) is 0 Å². The molecule has 1 aliphatic heterocycles. The topological polar surface area (TPSA) is 136 Å². The zero-order chi connectivity index (χ0) is 22.3. The summed E-state index contributed by atoms with van der Waals surface area (Å²) in [6.07, 6.45) is 0. The second-order valence-corrected chi connectivity index (χ2v) is 11.6. The third-order valence-corrected chi connectivity index (χ3v) is 9.66. The maximum atomic E-state index is 13.1. The molecule has 1 fully saturated rings. The van der Waals surface area contributed by atoms with Crippen LogP contribution >= 0.6 is 11.6 Å². The second-order valence-electron chi connectivity index (χ2n) is 7.16. The maximum absolute atomic E-state index is 13.1. The van der Waals surface area contributed by atoms with Gasteiger partial charge in [0.05, 0.1) is 28.2 Å². The van der Waals surface area contributed by atoms with E-state index in [-0.39, 0.29) is 20.4 Å². The van der Waals surface area contributed by atoms with Crippen molar-refractivity contribution in [1.82, 2.24) is 4.31 Å². The molecule has 160 valence electrons. The average molecular weight is 471 g/mol. The first-order chi connectivity index (χ1) is 14.0. The van der Waals surface area contributed by atoms with E-state index >= 15 is 0 Å². The number of nitriles is 1. The van der Waals surface area contributed by atoms with Crippen molar-refractivity contribution in [1.29, 1.82) is 5.26 Å². The number of nitrogens with zero attached hydrogens (tertiary/aromatic N) is 2. The first-order valence-corrected chi connectivity index (χ1v) is 12.2. The van der Waals surface area contributed by atoms with Gasteiger partial charge in [-0.25, -0.2) is 16.8 Å². The van der Waals surface area contributed by atoms with Gasteiger partial charge in [0.25, 0.3) is 0 Å². The molecule has 11 heteroatoms. The molecule has 2 N–H and O–H groups in total. The van der Waals surface area contributed by atoms with Gasteiger partial charge >= 0.3 is 0 Å². The number of β-amino-alcohol motifs (C(OH)–C–C–N with tert-alkyl or cyclic N) is 1. The van der Waals surface area contributed by atoms with E-state index in [1.54, 1.807) is 19.1 Å². The van der Waals surface area contributed by atoms with Crippen LogP contribution in [-0.2, 0) is 19.9 Å². The van der Waals surface area contributed by atoms with Gasteiger partial charge in [0.2, 0.25) is 10.0 Å². The Morgan fingerprint density at radius 3 is 2.37 bits per heavy atom. The second kappa shape index (κ2) is 7.92. The fraction of sp³-hybridized carbons (Fsp3) is 0.316. The van der Waals surface area contributed by atoms with E-state index in [1.165, 1.54) is 24.3 Å². The Balaban J connectivity index is 2.02. The molecule has 1 aliphatic rings. The molecule has 1 heterocycles. The molecule has 0 saturated carbocycles. The highest BCUT2D eigenvalue weighted by Gasteiger charge is 2.55. The quantitative estimate of drug-likeness (QED) is 0.667. The minimum absolute atomic E-state index is 0.0828. The van der Waals surface area contributed by atoms with Crippen LogP contribution in [0, 0.1) is 18.3 Å². The highest BCUT2D eigenvalue weighted by atomic mass is 35.5. The number of sulfonamides is 1. The van der Waals surface area contributed by atoms with Gasteiger partial charge in [-0.15, -0.1) is 0 Å². The van der Waals surface area contributed by atoms with Crippen molar-refractivity contribution in [3.63, 3.8) is 0 Å². The molecule has 2 aromatic carbocycles. The van der Waals surface area contributed by atoms with E-state index in [0.717, 1.165) is 15.9 Å². The van der Waals surface area contributed by atoms with Crippen LogP contribution < -0.4 is 0 Å². The number of benzene rings is 2. The van der Waals surface area contributed by atoms with E-state index in [0.29, 0.717) is 0 Å². The van der Waals surface area contributed by atoms with Crippen LogP contribution in [0.15, 0.2) is 52.3 Å². The van der Waals surface area contributed by atoms with E-state index in [4.69, 9.17) is 16.9 Å². The number of rotatable bonds is 5. The smallest absolute Gasteiger partial charge is 0.244 e. The van der Waals surface area contributed by atoms with E-state index in [1.807, 2.05) is 6.07 Å². The maximum Gasteiger partial charge on any atom is 0.244 e. The van der Waals surface area contributed by atoms with Gasteiger partial charge in [-0.1, -0.05) is 29.3 Å². The summed E-state index contributed by atoms with van der Waals surface area (Å²) in [5, 5.41) is 27.7. The molecule has 2 atom stereocenters. The number of sulfone groups is 1. The van der Waals surface area contributed by atoms with Gasteiger partial charge in [0.1, 0.15) is 15.7 Å². The zero-order valence-corrected chi connectivity index (χ0v) is 18.2. The summed E-state index contributed by atoms with van der Waals surface area (Å²) in [5.41, 5.74) is -1.21. The van der Waals surface area contributed by atoms with E-state index in [9.17, 15) is 27.0 Å². The number of aliphatic hydroxyl groups is 2. The number of halogens is 1. The minimum atomic E-state index is -4.30. The molecule has 3 rings (SSSR count). The summed E-state index contributed by atoms with van der Waals surface area (Å²) in [7, 11) is -8.46. The molecule has 1 saturated heterocycles. The molecule has 0 unspecified atom stereocenters. The van der Waals surface area contributed by atoms with Gasteiger partial charge < -0.3 is 10.2 Å². The summed E-state index contributed by atoms with van der Waals surface area (Å²) in [4.78, 5) is -0.405. The zero-order valence-electron chi connectivity index (χ0n) is 15.9. The van der Waals surface area contributed by atoms with Gasteiger partial charge in [-0.05, 0) is 37.3 Å². The molecular formula is C19H19ClN2O6S2. The van der Waals surface area contributed by atoms with Gasteiger partial charge in [0, 0.05) is 13.1 Å². The van der Waals surface area contributed by atoms with Crippen molar-refractivity contribution in [3.8, 4) is 6.07 Å². The van der Waals surface area contributed by atoms with Gasteiger partial charge in [0.15, 0.2) is 9.84 Å². The highest BCUT2D eigenvalue weighted by Crippen LogP contribution is 2.36. The monoisotopic (exact) mass is 470 g/mol. The van der Waals surface area contributed by atoms with Crippen molar-refractivity contribution in [3.05, 3.63) is 58.6 Å². The normalized spacial score (nSPS) is 22.7. The Morgan fingerprint density at radius 2 is 1.83 bits per heavy atom. The predicted molar refractivity (Wildman–Crippen MR) is 109 cm³/mol. The lowest BCUT2D eigenvalue weighted by molar-refractivity contribution is 0.00160. The van der Waals surface area contributed by atoms with E-state index in [2.05, 4.69) is 0 Å². The predicted octanol–water partition coefficient (Wildman–Crippen LogP) is 1.09. The first-order valence-electron chi connectivity index (χ1n) is 8.79. The van der Waals surface area contributed by atoms with Crippen molar-refractivity contribution in [2.75, 3.05) is 19.7 Å². The molecule has 0 aliphatic carbocycles. The number of aryl methyl sites for hydroxylation is 1. The molecule has 0 amide bonds. The number of aliphatic hydroxyl groups excluding tert-OH is 1. The summed E-state index contributed by atoms with van der Waals surface area (Å²) in [5.74, 6) is 0. The highest BCUT2D eigenvalue weighted by molar-refractivity contribution is 7.92. The van der Waals surface area contributed by atoms with Crippen LogP contribution in [0.1, 0.15) is 11.1 Å². The third-order valence-electron chi connectivity index (χ3n) is 5.10. The lowest BCUT2D eigenvalue weighted by Gasteiger charge is -2.26. The Kier molecular flexibility index (Phi) is 5.99. The van der Waals surface area contributed by atoms with Crippen LogP contribution in [0.4, 0.5) is 0 Å². The molecule has 2 aromatic rings. The lowest BCUT2D eigenvalue weighted by Crippen LogP contribution is -2.49. The van der Waals surface area contributed by atoms with Crippen LogP contribution in [0.25, 0.3) is 0 Å². The van der Waals surface area contributed by atoms with Crippen molar-refractivity contribution in [2.45, 2.75) is 27.6 Å². The SMILES string of the molecule is Cc1ccc(S(=O)(=O)[C@H]2CN(S(=O)(=O)c3ccc(C#N)cc3Cl)C[C@@]2(O)CO)cc1. The lowest BCUT2D eigenvalue weighted by atomic mass is 10.1. The van der Waals surface area contributed by atoms with Gasteiger partial charge in [-0.2, -0.15) is 9.57 Å². The molecule has 0 radical (unpaired) electrons. The summed E-state index contributed by atoms with van der Waals surface area (Å²) in [6.45, 7) is -0.356. The molecular weight excluding hydrogens is 452 g/mol. The van der Waals surface area contributed by atoms with Crippen LogP contribution in [0.5, 0.6) is 0 Å². The fourth-order valence-corrected chi connectivity index (χ4v) is 7.44. The fourth-order valence-electron chi connectivity index (χ4n) is 3.36. The molecule has 0 bridgehead atoms. The number of hydrogen-bond acceptors (Lipinski definition) is 7. The average Bonchev–Trinajstić information content (AvgIpc) is 3.08. The molecule has 0 aromatic heterocycles.